The van der Waals surface area contributed by atoms with Gasteiger partial charge in [-0.1, -0.05) is 36.4 Å². The number of anilines is 1. The van der Waals surface area contributed by atoms with Crippen molar-refractivity contribution in [2.24, 2.45) is 17.6 Å². The maximum Gasteiger partial charge on any atom is 0.247 e. The molecule has 2 amide bonds. The zero-order chi connectivity index (χ0) is 28.9. The van der Waals surface area contributed by atoms with Crippen molar-refractivity contribution >= 4 is 28.4 Å². The first-order valence-corrected chi connectivity index (χ1v) is 14.2. The summed E-state index contributed by atoms with van der Waals surface area (Å²) in [6.07, 6.45) is 5.62. The monoisotopic (exact) mass is 563 g/mol. The predicted octanol–water partition coefficient (Wildman–Crippen LogP) is 3.84. The first kappa shape index (κ1) is 27.3. The van der Waals surface area contributed by atoms with Gasteiger partial charge in [-0.05, 0) is 90.4 Å². The van der Waals surface area contributed by atoms with Gasteiger partial charge in [0.1, 0.15) is 6.04 Å². The minimum atomic E-state index is -0.746. The Kier molecular flexibility index (Phi) is 8.00. The molecule has 3 aromatic carbocycles. The Morgan fingerprint density at radius 1 is 0.952 bits per heavy atom. The molecule has 2 aromatic heterocycles. The van der Waals surface area contributed by atoms with Crippen LogP contribution in [0.25, 0.3) is 33.4 Å². The summed E-state index contributed by atoms with van der Waals surface area (Å²) in [6.45, 7) is 0.649. The van der Waals surface area contributed by atoms with Crippen molar-refractivity contribution in [1.29, 1.82) is 0 Å². The molecule has 0 saturated heterocycles. The summed E-state index contributed by atoms with van der Waals surface area (Å²) in [5.74, 6) is 0.458. The first-order chi connectivity index (χ1) is 20.6. The number of fused-ring (bicyclic) bond motifs is 1. The van der Waals surface area contributed by atoms with E-state index < -0.39 is 6.04 Å². The Hall–Kier alpha value is -4.90. The Balaban J connectivity index is 1.18. The van der Waals surface area contributed by atoms with E-state index in [-0.39, 0.29) is 17.7 Å². The minimum Gasteiger partial charge on any atom is -0.344 e. The minimum absolute atomic E-state index is 0.0821. The molecule has 0 radical (unpaired) electrons. The number of benzene rings is 3. The van der Waals surface area contributed by atoms with Crippen molar-refractivity contribution in [2.75, 3.05) is 11.9 Å². The summed E-state index contributed by atoms with van der Waals surface area (Å²) < 4.78 is 0. The fourth-order valence-electron chi connectivity index (χ4n) is 5.65. The van der Waals surface area contributed by atoms with E-state index in [9.17, 15) is 9.59 Å². The second kappa shape index (κ2) is 12.3. The number of aromatic amines is 2. The molecule has 6 rings (SSSR count). The highest BCUT2D eigenvalue weighted by atomic mass is 16.2. The van der Waals surface area contributed by atoms with Crippen LogP contribution >= 0.6 is 0 Å². The van der Waals surface area contributed by atoms with Crippen molar-refractivity contribution in [3.63, 3.8) is 0 Å². The third-order valence-corrected chi connectivity index (χ3v) is 8.13. The summed E-state index contributed by atoms with van der Waals surface area (Å²) in [5, 5.41) is 28.2. The molecule has 0 spiro atoms. The zero-order valence-corrected chi connectivity index (χ0v) is 23.1. The number of carbonyl (C=O) groups is 2. The van der Waals surface area contributed by atoms with Gasteiger partial charge in [0, 0.05) is 29.0 Å². The summed E-state index contributed by atoms with van der Waals surface area (Å²) >= 11 is 0. The van der Waals surface area contributed by atoms with Crippen LogP contribution in [-0.4, -0.2) is 55.2 Å². The molecule has 1 saturated carbocycles. The van der Waals surface area contributed by atoms with Crippen LogP contribution in [0.3, 0.4) is 0 Å². The van der Waals surface area contributed by atoms with Crippen molar-refractivity contribution in [3.8, 4) is 22.5 Å². The van der Waals surface area contributed by atoms with E-state index >= 15 is 0 Å². The van der Waals surface area contributed by atoms with Crippen molar-refractivity contribution in [2.45, 2.75) is 38.1 Å². The molecule has 11 heteroatoms. The number of tetrazole rings is 1. The molecule has 1 aliphatic rings. The van der Waals surface area contributed by atoms with Gasteiger partial charge in [-0.25, -0.2) is 0 Å². The number of carbonyl (C=O) groups excluding carboxylic acids is 2. The van der Waals surface area contributed by atoms with Crippen LogP contribution in [0.15, 0.2) is 72.9 Å². The van der Waals surface area contributed by atoms with Crippen LogP contribution in [0.1, 0.15) is 31.2 Å². The number of nitrogens with one attached hydrogen (secondary N) is 4. The fourth-order valence-corrected chi connectivity index (χ4v) is 5.65. The van der Waals surface area contributed by atoms with Crippen LogP contribution in [0.5, 0.6) is 0 Å². The third kappa shape index (κ3) is 6.06. The largest absolute Gasteiger partial charge is 0.344 e. The Bertz CT molecular complexity index is 1640. The lowest BCUT2D eigenvalue weighted by Gasteiger charge is -2.28. The van der Waals surface area contributed by atoms with E-state index in [2.05, 4.69) is 47.5 Å². The van der Waals surface area contributed by atoms with Crippen LogP contribution in [0.2, 0.25) is 0 Å². The zero-order valence-electron chi connectivity index (χ0n) is 23.1. The van der Waals surface area contributed by atoms with Crippen molar-refractivity contribution in [3.05, 3.63) is 78.5 Å². The summed E-state index contributed by atoms with van der Waals surface area (Å²) in [7, 11) is 0. The van der Waals surface area contributed by atoms with E-state index in [0.717, 1.165) is 58.8 Å². The fraction of sp³-hybridized carbons (Fsp3) is 0.290. The number of nitrogens with zero attached hydrogens (tertiary/aromatic N) is 4. The molecule has 2 heterocycles. The van der Waals surface area contributed by atoms with Crippen LogP contribution in [-0.2, 0) is 16.0 Å². The smallest absolute Gasteiger partial charge is 0.247 e. The van der Waals surface area contributed by atoms with Crippen molar-refractivity contribution in [1.82, 2.24) is 36.1 Å². The van der Waals surface area contributed by atoms with Gasteiger partial charge < -0.3 is 16.4 Å². The molecule has 0 bridgehead atoms. The van der Waals surface area contributed by atoms with Crippen LogP contribution < -0.4 is 16.4 Å². The molecule has 11 nitrogen and oxygen atoms in total. The highest BCUT2D eigenvalue weighted by molar-refractivity contribution is 5.98. The van der Waals surface area contributed by atoms with E-state index in [1.807, 2.05) is 54.7 Å². The topological polar surface area (TPSA) is 167 Å². The number of hydrogen-bond acceptors (Lipinski definition) is 7. The molecule has 214 valence electrons. The Labute approximate surface area is 242 Å². The van der Waals surface area contributed by atoms with Gasteiger partial charge in [0.2, 0.25) is 17.6 Å². The normalized spacial score (nSPS) is 17.5. The lowest BCUT2D eigenvalue weighted by atomic mass is 9.81. The lowest BCUT2D eigenvalue weighted by Crippen LogP contribution is -2.48. The highest BCUT2D eigenvalue weighted by Gasteiger charge is 2.29. The molecule has 6 N–H and O–H groups in total. The van der Waals surface area contributed by atoms with Crippen molar-refractivity contribution < 1.29 is 9.59 Å². The average molecular weight is 564 g/mol. The summed E-state index contributed by atoms with van der Waals surface area (Å²) in [5.41, 5.74) is 11.3. The van der Waals surface area contributed by atoms with Gasteiger partial charge >= 0.3 is 0 Å². The maximum absolute atomic E-state index is 13.6. The predicted molar refractivity (Wildman–Crippen MR) is 160 cm³/mol. The highest BCUT2D eigenvalue weighted by Crippen LogP contribution is 2.29. The van der Waals surface area contributed by atoms with Gasteiger partial charge in [-0.3, -0.25) is 14.7 Å². The Morgan fingerprint density at radius 2 is 1.71 bits per heavy atom. The van der Waals surface area contributed by atoms with E-state index in [1.54, 1.807) is 12.1 Å². The second-order valence-electron chi connectivity index (χ2n) is 10.9. The van der Waals surface area contributed by atoms with E-state index in [1.165, 1.54) is 0 Å². The lowest BCUT2D eigenvalue weighted by molar-refractivity contribution is -0.130. The molecule has 42 heavy (non-hydrogen) atoms. The quantitative estimate of drug-likeness (QED) is 0.182. The SMILES string of the molecule is NCC1CCC(C(=O)N[C@@H](Cc2ccc(-c3cccc4[nH]ncc34)cc2)C(=O)Nc2ccc(-c3nn[nH]n3)cc2)CC1. The molecule has 0 aliphatic heterocycles. The third-order valence-electron chi connectivity index (χ3n) is 8.13. The van der Waals surface area contributed by atoms with Crippen LogP contribution in [0.4, 0.5) is 5.69 Å². The molecular weight excluding hydrogens is 530 g/mol. The summed E-state index contributed by atoms with van der Waals surface area (Å²) in [6, 6.07) is 20.6. The number of rotatable bonds is 9. The number of nitrogens with two attached hydrogens (primary N) is 1. The van der Waals surface area contributed by atoms with Gasteiger partial charge in [0.05, 0.1) is 11.7 Å². The molecule has 0 unspecified atom stereocenters. The number of H-pyrrole nitrogens is 2. The molecule has 5 aromatic rings. The summed E-state index contributed by atoms with van der Waals surface area (Å²) in [4.78, 5) is 26.9. The van der Waals surface area contributed by atoms with Gasteiger partial charge in [0.25, 0.3) is 0 Å². The van der Waals surface area contributed by atoms with E-state index in [0.29, 0.717) is 30.4 Å². The number of hydrogen-bond donors (Lipinski definition) is 5. The number of amides is 2. The molecule has 1 atom stereocenters. The second-order valence-corrected chi connectivity index (χ2v) is 10.9. The van der Waals surface area contributed by atoms with Gasteiger partial charge in [-0.2, -0.15) is 10.3 Å². The number of aromatic nitrogens is 6. The standard InChI is InChI=1S/C31H33N9O2/c32-17-20-6-10-23(11-7-20)30(41)35-28(31(42)34-24-14-12-22(13-15-24)29-37-39-40-38-29)16-19-4-8-21(9-5-19)25-2-1-3-27-26(25)18-33-36-27/h1-5,8-9,12-15,18,20,23,28H,6-7,10-11,16-17,32H2,(H,33,36)(H,34,42)(H,35,41)(H,37,38,39,40)/t20?,23?,28-/m0/s1. The van der Waals surface area contributed by atoms with E-state index in [4.69, 9.17) is 5.73 Å². The maximum atomic E-state index is 13.6. The van der Waals surface area contributed by atoms with Gasteiger partial charge in [0.15, 0.2) is 0 Å². The van der Waals surface area contributed by atoms with Crippen LogP contribution in [0, 0.1) is 11.8 Å². The molecule has 1 aliphatic carbocycles. The first-order valence-electron chi connectivity index (χ1n) is 14.2. The molecular formula is C31H33N9O2. The average Bonchev–Trinajstić information content (AvgIpc) is 3.74. The Morgan fingerprint density at radius 3 is 2.43 bits per heavy atom. The molecule has 1 fully saturated rings. The van der Waals surface area contributed by atoms with Gasteiger partial charge in [-0.15, -0.1) is 10.2 Å².